The van der Waals surface area contributed by atoms with Gasteiger partial charge in [-0.15, -0.1) is 0 Å². The monoisotopic (exact) mass is 257 g/mol. The summed E-state index contributed by atoms with van der Waals surface area (Å²) in [5, 5.41) is 3.64. The molecule has 1 saturated carbocycles. The molecule has 1 aliphatic rings. The minimum Gasteiger partial charge on any atom is -0.328 e. The van der Waals surface area contributed by atoms with Crippen molar-refractivity contribution in [1.29, 1.82) is 0 Å². The quantitative estimate of drug-likeness (QED) is 0.862. The molecule has 3 nitrogen and oxygen atoms in total. The van der Waals surface area contributed by atoms with Gasteiger partial charge in [0.25, 0.3) is 0 Å². The number of hydrogen-bond acceptors (Lipinski definition) is 2. The van der Waals surface area contributed by atoms with E-state index in [1.54, 1.807) is 0 Å². The van der Waals surface area contributed by atoms with Gasteiger partial charge in [0, 0.05) is 19.0 Å². The van der Waals surface area contributed by atoms with Gasteiger partial charge in [-0.2, -0.15) is 0 Å². The van der Waals surface area contributed by atoms with Crippen LogP contribution >= 0.6 is 0 Å². The van der Waals surface area contributed by atoms with E-state index in [9.17, 15) is 0 Å². The summed E-state index contributed by atoms with van der Waals surface area (Å²) < 4.78 is 2.36. The number of aromatic nitrogens is 2. The highest BCUT2D eigenvalue weighted by Gasteiger charge is 2.31. The Hall–Kier alpha value is -1.35. The molecule has 0 radical (unpaired) electrons. The number of likely N-dealkylation sites (N-methyl/N-ethyl adjacent to an activating group) is 1. The van der Waals surface area contributed by atoms with E-state index in [-0.39, 0.29) is 0 Å². The zero-order valence-electron chi connectivity index (χ0n) is 11.9. The van der Waals surface area contributed by atoms with Crippen LogP contribution in [0.5, 0.6) is 0 Å². The van der Waals surface area contributed by atoms with Gasteiger partial charge in [0.15, 0.2) is 0 Å². The van der Waals surface area contributed by atoms with Crippen LogP contribution in [-0.4, -0.2) is 22.1 Å². The third kappa shape index (κ3) is 2.52. The average molecular weight is 257 g/mol. The number of benzene rings is 1. The number of nitrogens with zero attached hydrogens (tertiary/aromatic N) is 2. The Balaban J connectivity index is 1.90. The van der Waals surface area contributed by atoms with Gasteiger partial charge in [-0.1, -0.05) is 19.1 Å². The molecule has 0 bridgehead atoms. The van der Waals surface area contributed by atoms with Gasteiger partial charge in [-0.3, -0.25) is 0 Å². The van der Waals surface area contributed by atoms with Crippen LogP contribution in [0.1, 0.15) is 32.5 Å². The van der Waals surface area contributed by atoms with Crippen molar-refractivity contribution >= 4 is 11.0 Å². The summed E-state index contributed by atoms with van der Waals surface area (Å²) in [6.45, 7) is 6.45. The molecule has 3 rings (SSSR count). The van der Waals surface area contributed by atoms with Crippen molar-refractivity contribution in [3.05, 3.63) is 30.1 Å². The molecule has 1 fully saturated rings. The summed E-state index contributed by atoms with van der Waals surface area (Å²) >= 11 is 0. The summed E-state index contributed by atoms with van der Waals surface area (Å²) in [7, 11) is 0. The average Bonchev–Trinajstić information content (AvgIpc) is 3.20. The summed E-state index contributed by atoms with van der Waals surface area (Å²) in [6.07, 6.45) is 3.81. The molecule has 3 heteroatoms. The van der Waals surface area contributed by atoms with Gasteiger partial charge < -0.3 is 9.88 Å². The van der Waals surface area contributed by atoms with E-state index in [0.29, 0.717) is 6.04 Å². The van der Waals surface area contributed by atoms with E-state index in [0.717, 1.165) is 30.9 Å². The Morgan fingerprint density at radius 2 is 2.11 bits per heavy atom. The van der Waals surface area contributed by atoms with Crippen molar-refractivity contribution in [3.63, 3.8) is 0 Å². The number of para-hydroxylation sites is 2. The Morgan fingerprint density at radius 1 is 1.32 bits per heavy atom. The Kier molecular flexibility index (Phi) is 3.56. The summed E-state index contributed by atoms with van der Waals surface area (Å²) in [6, 6.07) is 9.07. The standard InChI is InChI=1S/C16H23N3/c1-3-17-14(12-9-10-12)11-16-18-13-7-5-6-8-15(13)19(16)4-2/h5-8,12,14,17H,3-4,9-11H2,1-2H3. The number of imidazole rings is 1. The van der Waals surface area contributed by atoms with Gasteiger partial charge >= 0.3 is 0 Å². The molecule has 1 aliphatic carbocycles. The fourth-order valence-electron chi connectivity index (χ4n) is 3.00. The van der Waals surface area contributed by atoms with E-state index in [2.05, 4.69) is 48.0 Å². The highest BCUT2D eigenvalue weighted by Crippen LogP contribution is 2.34. The van der Waals surface area contributed by atoms with Crippen LogP contribution in [0.3, 0.4) is 0 Å². The summed E-state index contributed by atoms with van der Waals surface area (Å²) in [5.41, 5.74) is 2.40. The molecule has 1 atom stereocenters. The highest BCUT2D eigenvalue weighted by molar-refractivity contribution is 5.75. The lowest BCUT2D eigenvalue weighted by Gasteiger charge is -2.17. The molecule has 19 heavy (non-hydrogen) atoms. The van der Waals surface area contributed by atoms with Gasteiger partial charge in [-0.05, 0) is 44.4 Å². The highest BCUT2D eigenvalue weighted by atomic mass is 15.1. The lowest BCUT2D eigenvalue weighted by Crippen LogP contribution is -2.33. The molecule has 1 N–H and O–H groups in total. The molecule has 0 amide bonds. The summed E-state index contributed by atoms with van der Waals surface area (Å²) in [5.74, 6) is 2.10. The van der Waals surface area contributed by atoms with Crippen LogP contribution in [0.4, 0.5) is 0 Å². The molecule has 102 valence electrons. The normalized spacial score (nSPS) is 16.9. The number of fused-ring (bicyclic) bond motifs is 1. The zero-order valence-corrected chi connectivity index (χ0v) is 11.9. The number of aryl methyl sites for hydroxylation is 1. The first-order valence-corrected chi connectivity index (χ1v) is 7.51. The third-order valence-electron chi connectivity index (χ3n) is 4.11. The molecule has 1 heterocycles. The van der Waals surface area contributed by atoms with Gasteiger partial charge in [0.2, 0.25) is 0 Å². The Bertz CT molecular complexity index is 554. The van der Waals surface area contributed by atoms with Crippen LogP contribution < -0.4 is 5.32 Å². The van der Waals surface area contributed by atoms with E-state index in [4.69, 9.17) is 4.98 Å². The van der Waals surface area contributed by atoms with Crippen molar-refractivity contribution in [1.82, 2.24) is 14.9 Å². The molecule has 1 aromatic heterocycles. The molecule has 1 unspecified atom stereocenters. The number of hydrogen-bond donors (Lipinski definition) is 1. The maximum absolute atomic E-state index is 4.84. The van der Waals surface area contributed by atoms with Crippen LogP contribution in [0.25, 0.3) is 11.0 Å². The van der Waals surface area contributed by atoms with Crippen LogP contribution in [0.15, 0.2) is 24.3 Å². The van der Waals surface area contributed by atoms with Crippen molar-refractivity contribution in [2.75, 3.05) is 6.54 Å². The number of nitrogens with one attached hydrogen (secondary N) is 1. The minimum absolute atomic E-state index is 0.604. The fourth-order valence-corrected chi connectivity index (χ4v) is 3.00. The molecule has 2 aromatic rings. The molecule has 0 aliphatic heterocycles. The maximum atomic E-state index is 4.84. The lowest BCUT2D eigenvalue weighted by atomic mass is 10.1. The van der Waals surface area contributed by atoms with E-state index in [1.165, 1.54) is 24.2 Å². The lowest BCUT2D eigenvalue weighted by molar-refractivity contribution is 0.457. The van der Waals surface area contributed by atoms with Crippen LogP contribution in [0.2, 0.25) is 0 Å². The second kappa shape index (κ2) is 5.33. The smallest absolute Gasteiger partial charge is 0.111 e. The molecule has 0 saturated heterocycles. The Labute approximate surface area is 115 Å². The van der Waals surface area contributed by atoms with Gasteiger partial charge in [-0.25, -0.2) is 4.98 Å². The molecule has 0 spiro atoms. The SMILES string of the molecule is CCNC(Cc1nc2ccccc2n1CC)C1CC1. The molecular formula is C16H23N3. The number of rotatable bonds is 6. The van der Waals surface area contributed by atoms with Crippen molar-refractivity contribution < 1.29 is 0 Å². The fraction of sp³-hybridized carbons (Fsp3) is 0.562. The minimum atomic E-state index is 0.604. The zero-order chi connectivity index (χ0) is 13.2. The molecule has 1 aromatic carbocycles. The second-order valence-corrected chi connectivity index (χ2v) is 5.47. The first-order valence-electron chi connectivity index (χ1n) is 7.51. The van der Waals surface area contributed by atoms with Crippen LogP contribution in [-0.2, 0) is 13.0 Å². The summed E-state index contributed by atoms with van der Waals surface area (Å²) in [4.78, 5) is 4.84. The van der Waals surface area contributed by atoms with E-state index >= 15 is 0 Å². The Morgan fingerprint density at radius 3 is 2.79 bits per heavy atom. The van der Waals surface area contributed by atoms with E-state index < -0.39 is 0 Å². The van der Waals surface area contributed by atoms with Crippen LogP contribution in [0, 0.1) is 5.92 Å². The first kappa shape index (κ1) is 12.7. The predicted octanol–water partition coefficient (Wildman–Crippen LogP) is 2.99. The maximum Gasteiger partial charge on any atom is 0.111 e. The van der Waals surface area contributed by atoms with Crippen molar-refractivity contribution in [2.45, 2.75) is 45.7 Å². The van der Waals surface area contributed by atoms with Crippen molar-refractivity contribution in [3.8, 4) is 0 Å². The topological polar surface area (TPSA) is 29.9 Å². The van der Waals surface area contributed by atoms with E-state index in [1.807, 2.05) is 0 Å². The predicted molar refractivity (Wildman–Crippen MR) is 79.3 cm³/mol. The van der Waals surface area contributed by atoms with Gasteiger partial charge in [0.1, 0.15) is 5.82 Å². The van der Waals surface area contributed by atoms with Crippen molar-refractivity contribution in [2.24, 2.45) is 5.92 Å². The molecular weight excluding hydrogens is 234 g/mol. The van der Waals surface area contributed by atoms with Gasteiger partial charge in [0.05, 0.1) is 11.0 Å². The second-order valence-electron chi connectivity index (χ2n) is 5.47. The first-order chi connectivity index (χ1) is 9.33. The largest absolute Gasteiger partial charge is 0.328 e. The third-order valence-corrected chi connectivity index (χ3v) is 4.11.